The maximum atomic E-state index is 5.33. The molecular formula is C19H20N6O. The van der Waals surface area contributed by atoms with E-state index < -0.39 is 0 Å². The third-order valence-corrected chi connectivity index (χ3v) is 4.26. The van der Waals surface area contributed by atoms with Gasteiger partial charge in [-0.2, -0.15) is 10.2 Å². The van der Waals surface area contributed by atoms with Gasteiger partial charge in [-0.05, 0) is 52.0 Å². The van der Waals surface area contributed by atoms with Gasteiger partial charge in [-0.25, -0.2) is 19.3 Å². The molecule has 0 saturated carbocycles. The number of fused-ring (bicyclic) bond motifs is 1. The fourth-order valence-corrected chi connectivity index (χ4v) is 3.11. The monoisotopic (exact) mass is 348 g/mol. The standard InChI is InChI=1S/C19H20N6O/c1-11-8-13(3)24(22-11)18-19(25-14(4)9-12(2)23-25)21-17-10-15(26-5)6-7-16(17)20-18/h6-10H,1-5H3. The second-order valence-corrected chi connectivity index (χ2v) is 6.40. The van der Waals surface area contributed by atoms with Crippen LogP contribution in [0.25, 0.3) is 22.7 Å². The summed E-state index contributed by atoms with van der Waals surface area (Å²) in [4.78, 5) is 9.70. The average molecular weight is 348 g/mol. The molecule has 3 aromatic heterocycles. The number of aryl methyl sites for hydroxylation is 4. The van der Waals surface area contributed by atoms with Gasteiger partial charge in [0.15, 0.2) is 11.6 Å². The van der Waals surface area contributed by atoms with Crippen LogP contribution in [0.5, 0.6) is 5.75 Å². The van der Waals surface area contributed by atoms with E-state index in [1.807, 2.05) is 67.4 Å². The van der Waals surface area contributed by atoms with Crippen molar-refractivity contribution in [2.45, 2.75) is 27.7 Å². The molecule has 0 saturated heterocycles. The van der Waals surface area contributed by atoms with Crippen molar-refractivity contribution >= 4 is 11.0 Å². The molecule has 0 aliphatic heterocycles. The van der Waals surface area contributed by atoms with Gasteiger partial charge in [-0.15, -0.1) is 0 Å². The summed E-state index contributed by atoms with van der Waals surface area (Å²) < 4.78 is 8.96. The van der Waals surface area contributed by atoms with Crippen LogP contribution in [0.15, 0.2) is 30.3 Å². The van der Waals surface area contributed by atoms with Crippen LogP contribution in [0.1, 0.15) is 22.8 Å². The first kappa shape index (κ1) is 16.3. The molecule has 0 N–H and O–H groups in total. The summed E-state index contributed by atoms with van der Waals surface area (Å²) in [5.74, 6) is 2.03. The Morgan fingerprint density at radius 1 is 0.731 bits per heavy atom. The van der Waals surface area contributed by atoms with Crippen LogP contribution in [-0.2, 0) is 0 Å². The van der Waals surface area contributed by atoms with Crippen molar-refractivity contribution in [2.75, 3.05) is 7.11 Å². The highest BCUT2D eigenvalue weighted by atomic mass is 16.5. The van der Waals surface area contributed by atoms with Crippen molar-refractivity contribution in [3.05, 3.63) is 53.1 Å². The van der Waals surface area contributed by atoms with Crippen LogP contribution in [0.4, 0.5) is 0 Å². The van der Waals surface area contributed by atoms with Crippen LogP contribution in [0, 0.1) is 27.7 Å². The van der Waals surface area contributed by atoms with E-state index in [9.17, 15) is 0 Å². The molecule has 0 amide bonds. The zero-order valence-corrected chi connectivity index (χ0v) is 15.5. The number of rotatable bonds is 3. The quantitative estimate of drug-likeness (QED) is 0.568. The summed E-state index contributed by atoms with van der Waals surface area (Å²) in [6.07, 6.45) is 0. The second kappa shape index (κ2) is 5.94. The third kappa shape index (κ3) is 2.61. The second-order valence-electron chi connectivity index (χ2n) is 6.40. The molecule has 26 heavy (non-hydrogen) atoms. The van der Waals surface area contributed by atoms with Gasteiger partial charge in [0.05, 0.1) is 29.5 Å². The summed E-state index contributed by atoms with van der Waals surface area (Å²) in [6.45, 7) is 7.93. The van der Waals surface area contributed by atoms with Crippen molar-refractivity contribution in [3.63, 3.8) is 0 Å². The highest BCUT2D eigenvalue weighted by Crippen LogP contribution is 2.24. The first-order valence-electron chi connectivity index (χ1n) is 8.39. The Labute approximate surface area is 151 Å². The summed E-state index contributed by atoms with van der Waals surface area (Å²) >= 11 is 0. The number of methoxy groups -OCH3 is 1. The molecule has 0 spiro atoms. The minimum Gasteiger partial charge on any atom is -0.497 e. The predicted molar refractivity (Wildman–Crippen MR) is 99.3 cm³/mol. The van der Waals surface area contributed by atoms with Crippen molar-refractivity contribution in [1.29, 1.82) is 0 Å². The Balaban J connectivity index is 2.06. The normalized spacial score (nSPS) is 11.3. The van der Waals surface area contributed by atoms with Gasteiger partial charge >= 0.3 is 0 Å². The molecule has 0 fully saturated rings. The maximum absolute atomic E-state index is 5.33. The molecular weight excluding hydrogens is 328 g/mol. The molecule has 7 heteroatoms. The Hall–Kier alpha value is -3.22. The molecule has 4 aromatic rings. The number of hydrogen-bond acceptors (Lipinski definition) is 5. The fourth-order valence-electron chi connectivity index (χ4n) is 3.11. The number of aromatic nitrogens is 6. The molecule has 0 unspecified atom stereocenters. The summed E-state index contributed by atoms with van der Waals surface area (Å²) in [7, 11) is 1.64. The molecule has 7 nitrogen and oxygen atoms in total. The first-order chi connectivity index (χ1) is 12.5. The van der Waals surface area contributed by atoms with E-state index in [2.05, 4.69) is 10.2 Å². The largest absolute Gasteiger partial charge is 0.497 e. The fraction of sp³-hybridized carbons (Fsp3) is 0.263. The van der Waals surface area contributed by atoms with E-state index >= 15 is 0 Å². The first-order valence-corrected chi connectivity index (χ1v) is 8.39. The number of ether oxygens (including phenoxy) is 1. The number of benzene rings is 1. The smallest absolute Gasteiger partial charge is 0.199 e. The predicted octanol–water partition coefficient (Wildman–Crippen LogP) is 3.24. The molecule has 4 rings (SSSR count). The van der Waals surface area contributed by atoms with Crippen LogP contribution < -0.4 is 4.74 Å². The maximum Gasteiger partial charge on any atom is 0.199 e. The highest BCUT2D eigenvalue weighted by molar-refractivity contribution is 5.78. The van der Waals surface area contributed by atoms with Gasteiger partial charge in [-0.3, -0.25) is 0 Å². The zero-order valence-electron chi connectivity index (χ0n) is 15.5. The lowest BCUT2D eigenvalue weighted by molar-refractivity contribution is 0.415. The van der Waals surface area contributed by atoms with Crippen LogP contribution in [0.3, 0.4) is 0 Å². The van der Waals surface area contributed by atoms with Gasteiger partial charge < -0.3 is 4.74 Å². The van der Waals surface area contributed by atoms with E-state index in [4.69, 9.17) is 14.7 Å². The van der Waals surface area contributed by atoms with Gasteiger partial charge in [0.25, 0.3) is 0 Å². The molecule has 3 heterocycles. The SMILES string of the molecule is COc1ccc2nc(-n3nc(C)cc3C)c(-n3nc(C)cc3C)nc2c1. The molecule has 0 atom stereocenters. The molecule has 0 aliphatic carbocycles. The van der Waals surface area contributed by atoms with E-state index in [0.717, 1.165) is 39.6 Å². The van der Waals surface area contributed by atoms with Crippen LogP contribution >= 0.6 is 0 Å². The number of hydrogen-bond donors (Lipinski definition) is 0. The van der Waals surface area contributed by atoms with E-state index in [1.165, 1.54) is 0 Å². The topological polar surface area (TPSA) is 70.7 Å². The van der Waals surface area contributed by atoms with Crippen molar-refractivity contribution in [1.82, 2.24) is 29.5 Å². The summed E-state index contributed by atoms with van der Waals surface area (Å²) in [6, 6.07) is 9.70. The zero-order chi connectivity index (χ0) is 18.4. The van der Waals surface area contributed by atoms with Gasteiger partial charge in [0.1, 0.15) is 5.75 Å². The molecule has 0 bridgehead atoms. The summed E-state index contributed by atoms with van der Waals surface area (Å²) in [5, 5.41) is 9.19. The minimum absolute atomic E-state index is 0.641. The highest BCUT2D eigenvalue weighted by Gasteiger charge is 2.18. The van der Waals surface area contributed by atoms with Gasteiger partial charge in [0, 0.05) is 17.5 Å². The minimum atomic E-state index is 0.641. The Morgan fingerprint density at radius 2 is 1.27 bits per heavy atom. The average Bonchev–Trinajstić information content (AvgIpc) is 3.13. The molecule has 1 aromatic carbocycles. The Bertz CT molecular complexity index is 1120. The molecule has 0 aliphatic rings. The lowest BCUT2D eigenvalue weighted by Crippen LogP contribution is -2.12. The Kier molecular flexibility index (Phi) is 3.72. The summed E-state index contributed by atoms with van der Waals surface area (Å²) in [5.41, 5.74) is 5.36. The van der Waals surface area contributed by atoms with E-state index in [-0.39, 0.29) is 0 Å². The van der Waals surface area contributed by atoms with Crippen molar-refractivity contribution in [2.24, 2.45) is 0 Å². The van der Waals surface area contributed by atoms with E-state index in [0.29, 0.717) is 11.6 Å². The van der Waals surface area contributed by atoms with Crippen molar-refractivity contribution < 1.29 is 4.74 Å². The molecule has 132 valence electrons. The van der Waals surface area contributed by atoms with Crippen LogP contribution in [0.2, 0.25) is 0 Å². The van der Waals surface area contributed by atoms with Gasteiger partial charge in [0.2, 0.25) is 0 Å². The molecule has 0 radical (unpaired) electrons. The van der Waals surface area contributed by atoms with Gasteiger partial charge in [-0.1, -0.05) is 0 Å². The Morgan fingerprint density at radius 3 is 1.73 bits per heavy atom. The lowest BCUT2D eigenvalue weighted by Gasteiger charge is -2.13. The van der Waals surface area contributed by atoms with Crippen molar-refractivity contribution in [3.8, 4) is 17.4 Å². The van der Waals surface area contributed by atoms with Crippen LogP contribution in [-0.4, -0.2) is 36.6 Å². The third-order valence-electron chi connectivity index (χ3n) is 4.26. The van der Waals surface area contributed by atoms with E-state index in [1.54, 1.807) is 7.11 Å². The number of nitrogens with zero attached hydrogens (tertiary/aromatic N) is 6. The lowest BCUT2D eigenvalue weighted by atomic mass is 10.3.